The Morgan fingerprint density at radius 3 is 2.82 bits per heavy atom. The molecule has 0 bridgehead atoms. The molecule has 7 nitrogen and oxygen atoms in total. The van der Waals surface area contributed by atoms with Gasteiger partial charge in [-0.15, -0.1) is 0 Å². The van der Waals surface area contributed by atoms with E-state index in [0.29, 0.717) is 41.4 Å². The number of hydrogen-bond donors (Lipinski definition) is 0. The number of pyridine rings is 1. The Kier molecular flexibility index (Phi) is 5.17. The zero-order chi connectivity index (χ0) is 19.7. The van der Waals surface area contributed by atoms with Crippen molar-refractivity contribution in [3.63, 3.8) is 0 Å². The molecule has 148 valence electrons. The predicted octanol–water partition coefficient (Wildman–Crippen LogP) is 2.56. The fraction of sp³-hybridized carbons (Fsp3) is 0.476. The Morgan fingerprint density at radius 1 is 1.29 bits per heavy atom. The zero-order valence-electron chi connectivity index (χ0n) is 16.4. The first-order chi connectivity index (χ1) is 13.6. The monoisotopic (exact) mass is 382 g/mol. The Morgan fingerprint density at radius 2 is 2.07 bits per heavy atom. The van der Waals surface area contributed by atoms with Gasteiger partial charge in [0, 0.05) is 39.5 Å². The number of carbonyl (C=O) groups is 1. The summed E-state index contributed by atoms with van der Waals surface area (Å²) in [6.45, 7) is 4.90. The maximum atomic E-state index is 13.3. The standard InChI is InChI=1S/C21H26N4O3/c1-15-7-11-23(12-8-15)21(27)17-14-16-19(24(17)10-5-13-28-2)22-18-6-3-4-9-25(18)20(16)26/h3-4,6,9,14-15H,5,7-8,10-13H2,1-2H3. The molecule has 0 aromatic carbocycles. The van der Waals surface area contributed by atoms with Crippen molar-refractivity contribution in [2.75, 3.05) is 26.8 Å². The lowest BCUT2D eigenvalue weighted by Crippen LogP contribution is -2.38. The minimum absolute atomic E-state index is 0.0178. The Balaban J connectivity index is 1.82. The van der Waals surface area contributed by atoms with E-state index in [-0.39, 0.29) is 11.5 Å². The lowest BCUT2D eigenvalue weighted by atomic mass is 9.99. The van der Waals surface area contributed by atoms with Gasteiger partial charge in [0.25, 0.3) is 11.5 Å². The van der Waals surface area contributed by atoms with Crippen LogP contribution in [0.4, 0.5) is 0 Å². The highest BCUT2D eigenvalue weighted by Gasteiger charge is 2.26. The zero-order valence-corrected chi connectivity index (χ0v) is 16.4. The van der Waals surface area contributed by atoms with Crippen LogP contribution in [-0.4, -0.2) is 51.6 Å². The van der Waals surface area contributed by atoms with E-state index < -0.39 is 0 Å². The van der Waals surface area contributed by atoms with Crippen LogP contribution >= 0.6 is 0 Å². The fourth-order valence-electron chi connectivity index (χ4n) is 3.90. The highest BCUT2D eigenvalue weighted by molar-refractivity contribution is 5.98. The fourth-order valence-corrected chi connectivity index (χ4v) is 3.90. The van der Waals surface area contributed by atoms with Crippen molar-refractivity contribution in [3.8, 4) is 0 Å². The van der Waals surface area contributed by atoms with Crippen LogP contribution in [-0.2, 0) is 11.3 Å². The predicted molar refractivity (Wildman–Crippen MR) is 108 cm³/mol. The number of carbonyl (C=O) groups excluding carboxylic acids is 1. The van der Waals surface area contributed by atoms with Crippen molar-refractivity contribution < 1.29 is 9.53 Å². The normalized spacial score (nSPS) is 15.6. The van der Waals surface area contributed by atoms with Gasteiger partial charge in [0.05, 0.1) is 5.39 Å². The third-order valence-electron chi connectivity index (χ3n) is 5.60. The molecule has 0 atom stereocenters. The smallest absolute Gasteiger partial charge is 0.270 e. The molecule has 1 amide bonds. The van der Waals surface area contributed by atoms with Gasteiger partial charge in [0.2, 0.25) is 0 Å². The molecule has 3 aromatic rings. The number of amides is 1. The minimum atomic E-state index is -0.146. The second kappa shape index (κ2) is 7.75. The number of hydrogen-bond acceptors (Lipinski definition) is 4. The second-order valence-electron chi connectivity index (χ2n) is 7.59. The van der Waals surface area contributed by atoms with Gasteiger partial charge in [-0.25, -0.2) is 4.98 Å². The molecule has 0 saturated carbocycles. The Hall–Kier alpha value is -2.67. The van der Waals surface area contributed by atoms with Gasteiger partial charge in [-0.1, -0.05) is 13.0 Å². The largest absolute Gasteiger partial charge is 0.385 e. The quantitative estimate of drug-likeness (QED) is 0.636. The highest BCUT2D eigenvalue weighted by atomic mass is 16.5. The first-order valence-electron chi connectivity index (χ1n) is 9.89. The van der Waals surface area contributed by atoms with Crippen LogP contribution in [0.3, 0.4) is 0 Å². The van der Waals surface area contributed by atoms with Gasteiger partial charge in [-0.05, 0) is 43.4 Å². The summed E-state index contributed by atoms with van der Waals surface area (Å²) >= 11 is 0. The van der Waals surface area contributed by atoms with Crippen LogP contribution in [0.5, 0.6) is 0 Å². The summed E-state index contributed by atoms with van der Waals surface area (Å²) in [5, 5.41) is 0.481. The van der Waals surface area contributed by atoms with E-state index in [1.165, 1.54) is 4.40 Å². The molecule has 0 N–H and O–H groups in total. The third-order valence-corrected chi connectivity index (χ3v) is 5.60. The topological polar surface area (TPSA) is 68.8 Å². The first-order valence-corrected chi connectivity index (χ1v) is 9.89. The third kappa shape index (κ3) is 3.30. The van der Waals surface area contributed by atoms with Gasteiger partial charge in [0.1, 0.15) is 17.0 Å². The number of likely N-dealkylation sites (tertiary alicyclic amines) is 1. The molecule has 0 unspecified atom stereocenters. The Bertz CT molecular complexity index is 1060. The van der Waals surface area contributed by atoms with Gasteiger partial charge >= 0.3 is 0 Å². The summed E-state index contributed by atoms with van der Waals surface area (Å²) in [5.41, 5.74) is 1.55. The molecule has 0 radical (unpaired) electrons. The van der Waals surface area contributed by atoms with E-state index in [4.69, 9.17) is 9.72 Å². The van der Waals surface area contributed by atoms with Crippen LogP contribution in [0, 0.1) is 5.92 Å². The van der Waals surface area contributed by atoms with E-state index >= 15 is 0 Å². The van der Waals surface area contributed by atoms with Crippen LogP contribution in [0.2, 0.25) is 0 Å². The van der Waals surface area contributed by atoms with Crippen molar-refractivity contribution in [1.29, 1.82) is 0 Å². The van der Waals surface area contributed by atoms with Crippen molar-refractivity contribution >= 4 is 22.6 Å². The second-order valence-corrected chi connectivity index (χ2v) is 7.59. The van der Waals surface area contributed by atoms with Crippen LogP contribution in [0.15, 0.2) is 35.3 Å². The molecule has 4 heterocycles. The number of aryl methyl sites for hydroxylation is 1. The average molecular weight is 382 g/mol. The average Bonchev–Trinajstić information content (AvgIpc) is 3.07. The summed E-state index contributed by atoms with van der Waals surface area (Å²) in [6, 6.07) is 7.18. The molecule has 0 aliphatic carbocycles. The van der Waals surface area contributed by atoms with E-state index in [1.54, 1.807) is 31.5 Å². The maximum absolute atomic E-state index is 13.3. The number of piperidine rings is 1. The van der Waals surface area contributed by atoms with E-state index in [9.17, 15) is 9.59 Å². The Labute approximate surface area is 163 Å². The minimum Gasteiger partial charge on any atom is -0.385 e. The van der Waals surface area contributed by atoms with E-state index in [0.717, 1.165) is 32.4 Å². The van der Waals surface area contributed by atoms with Crippen molar-refractivity contribution in [1.82, 2.24) is 18.9 Å². The summed E-state index contributed by atoms with van der Waals surface area (Å²) in [6.07, 6.45) is 4.48. The van der Waals surface area contributed by atoms with E-state index in [1.807, 2.05) is 15.5 Å². The number of aromatic nitrogens is 3. The van der Waals surface area contributed by atoms with Crippen LogP contribution in [0.25, 0.3) is 16.7 Å². The molecule has 1 aliphatic heterocycles. The molecule has 1 saturated heterocycles. The molecular formula is C21H26N4O3. The van der Waals surface area contributed by atoms with Gasteiger partial charge in [0.15, 0.2) is 0 Å². The van der Waals surface area contributed by atoms with Gasteiger partial charge in [-0.2, -0.15) is 0 Å². The van der Waals surface area contributed by atoms with E-state index in [2.05, 4.69) is 6.92 Å². The SMILES string of the molecule is COCCCn1c(C(=O)N2CCC(C)CC2)cc2c(=O)n3ccccc3nc21. The molecule has 1 fully saturated rings. The molecule has 1 aliphatic rings. The summed E-state index contributed by atoms with van der Waals surface area (Å²) < 4.78 is 8.60. The molecular weight excluding hydrogens is 356 g/mol. The van der Waals surface area contributed by atoms with Crippen molar-refractivity contribution in [3.05, 3.63) is 46.5 Å². The number of nitrogens with zero attached hydrogens (tertiary/aromatic N) is 4. The number of fused-ring (bicyclic) bond motifs is 2. The number of rotatable bonds is 5. The summed E-state index contributed by atoms with van der Waals surface area (Å²) in [7, 11) is 1.66. The molecule has 4 rings (SSSR count). The van der Waals surface area contributed by atoms with Gasteiger partial charge in [-0.3, -0.25) is 14.0 Å². The van der Waals surface area contributed by atoms with Gasteiger partial charge < -0.3 is 14.2 Å². The summed E-state index contributed by atoms with van der Waals surface area (Å²) in [5.74, 6) is 0.629. The molecule has 0 spiro atoms. The van der Waals surface area contributed by atoms with Crippen LogP contribution < -0.4 is 5.56 Å². The van der Waals surface area contributed by atoms with Crippen LogP contribution in [0.1, 0.15) is 36.7 Å². The summed E-state index contributed by atoms with van der Waals surface area (Å²) in [4.78, 5) is 32.8. The highest BCUT2D eigenvalue weighted by Crippen LogP contribution is 2.22. The first kappa shape index (κ1) is 18.7. The molecule has 28 heavy (non-hydrogen) atoms. The number of ether oxygens (including phenoxy) is 1. The lowest BCUT2D eigenvalue weighted by molar-refractivity contribution is 0.0685. The van der Waals surface area contributed by atoms with Crippen molar-refractivity contribution in [2.45, 2.75) is 32.7 Å². The maximum Gasteiger partial charge on any atom is 0.270 e. The number of methoxy groups -OCH3 is 1. The van der Waals surface area contributed by atoms with Crippen molar-refractivity contribution in [2.24, 2.45) is 5.92 Å². The molecule has 7 heteroatoms. The lowest BCUT2D eigenvalue weighted by Gasteiger charge is -2.30. The molecule has 3 aromatic heterocycles.